The Morgan fingerprint density at radius 1 is 0.433 bits per heavy atom. The largest absolute Gasteiger partial charge is 0.334 e. The number of fused-ring (bicyclic) bond motifs is 14. The second-order valence-corrected chi connectivity index (χ2v) is 22.5. The summed E-state index contributed by atoms with van der Waals surface area (Å²) in [4.78, 5) is 14.5. The molecule has 2 aliphatic heterocycles. The third kappa shape index (κ3) is 5.36. The highest BCUT2D eigenvalue weighted by Crippen LogP contribution is 2.63. The van der Waals surface area contributed by atoms with E-state index in [0.717, 1.165) is 11.4 Å². The van der Waals surface area contributed by atoms with E-state index in [-0.39, 0.29) is 27.3 Å². The van der Waals surface area contributed by atoms with E-state index in [1.54, 1.807) is 0 Å². The summed E-state index contributed by atoms with van der Waals surface area (Å²) in [6.45, 7) is 19.3. The molecule has 8 aromatic rings. The molecule has 334 valence electrons. The second-order valence-electron chi connectivity index (χ2n) is 22.5. The fourth-order valence-electron chi connectivity index (χ4n) is 14.9. The van der Waals surface area contributed by atoms with E-state index in [1.807, 2.05) is 12.4 Å². The van der Waals surface area contributed by atoms with Crippen LogP contribution in [0.3, 0.4) is 0 Å². The van der Waals surface area contributed by atoms with Gasteiger partial charge in [-0.3, -0.25) is 9.97 Å². The summed E-state index contributed by atoms with van der Waals surface area (Å²) in [5, 5.41) is 5.38. The Kier molecular flexibility index (Phi) is 8.50. The molecule has 67 heavy (non-hydrogen) atoms. The van der Waals surface area contributed by atoms with Crippen LogP contribution in [0.5, 0.6) is 0 Å². The molecule has 4 unspecified atom stereocenters. The van der Waals surface area contributed by atoms with Gasteiger partial charge in [0.15, 0.2) is 0 Å². The Hall–Kier alpha value is -6.26. The van der Waals surface area contributed by atoms with E-state index in [1.165, 1.54) is 151 Å². The Bertz CT molecular complexity index is 3420. The average molecular weight is 875 g/mol. The van der Waals surface area contributed by atoms with Crippen LogP contribution < -0.4 is 9.80 Å². The Morgan fingerprint density at radius 2 is 0.910 bits per heavy atom. The zero-order chi connectivity index (χ0) is 45.8. The molecule has 2 aromatic heterocycles. The zero-order valence-corrected chi connectivity index (χ0v) is 40.6. The molecular formula is C63H62N4. The molecule has 4 heterocycles. The van der Waals surface area contributed by atoms with Gasteiger partial charge in [-0.1, -0.05) is 114 Å². The van der Waals surface area contributed by atoms with Crippen LogP contribution in [0.25, 0.3) is 54.9 Å². The highest BCUT2D eigenvalue weighted by molar-refractivity contribution is 6.19. The Morgan fingerprint density at radius 3 is 1.46 bits per heavy atom. The van der Waals surface area contributed by atoms with Gasteiger partial charge >= 0.3 is 0 Å². The van der Waals surface area contributed by atoms with Gasteiger partial charge in [0.1, 0.15) is 0 Å². The van der Waals surface area contributed by atoms with Crippen LogP contribution in [0, 0.1) is 13.8 Å². The normalized spacial score (nSPS) is 25.4. The maximum atomic E-state index is 4.58. The van der Waals surface area contributed by atoms with Crippen molar-refractivity contribution < 1.29 is 0 Å². The lowest BCUT2D eigenvalue weighted by atomic mass is 9.61. The summed E-state index contributed by atoms with van der Waals surface area (Å²) in [7, 11) is 0. The molecule has 2 fully saturated rings. The number of pyridine rings is 2. The molecule has 5 aliphatic rings. The van der Waals surface area contributed by atoms with E-state index in [2.05, 4.69) is 196 Å². The monoisotopic (exact) mass is 874 g/mol. The maximum absolute atomic E-state index is 4.58. The number of anilines is 4. The molecule has 0 radical (unpaired) electrons. The van der Waals surface area contributed by atoms with Gasteiger partial charge in [-0.05, 0) is 191 Å². The zero-order valence-electron chi connectivity index (χ0n) is 40.6. The average Bonchev–Trinajstić information content (AvgIpc) is 3.79. The highest BCUT2D eigenvalue weighted by atomic mass is 15.3. The van der Waals surface area contributed by atoms with Crippen molar-refractivity contribution in [3.63, 3.8) is 0 Å². The quantitative estimate of drug-likeness (QED) is 0.165. The smallest absolute Gasteiger partial charge is 0.0517 e. The second kappa shape index (κ2) is 13.9. The topological polar surface area (TPSA) is 32.3 Å². The van der Waals surface area contributed by atoms with Crippen LogP contribution in [0.15, 0.2) is 134 Å². The van der Waals surface area contributed by atoms with Crippen molar-refractivity contribution in [2.24, 2.45) is 0 Å². The SMILES string of the molecule is Cc1cc(N2c3ccc(-c4ccc5c(c4)C(C)(C)c4c-5c5ccccc5c5cc(-c6ccc7c(c6)C6(C)CCCCC6(C)N7c6ccnc(C)c6)ccc45)cc3C3(C)CCCCC23C)ccn1. The van der Waals surface area contributed by atoms with E-state index >= 15 is 0 Å². The Balaban J connectivity index is 0.921. The van der Waals surface area contributed by atoms with Gasteiger partial charge in [0, 0.05) is 62.8 Å². The molecule has 0 amide bonds. The first kappa shape index (κ1) is 41.0. The molecule has 4 atom stereocenters. The third-order valence-electron chi connectivity index (χ3n) is 18.8. The predicted molar refractivity (Wildman–Crippen MR) is 281 cm³/mol. The van der Waals surface area contributed by atoms with Gasteiger partial charge in [-0.15, -0.1) is 0 Å². The van der Waals surface area contributed by atoms with Crippen molar-refractivity contribution in [1.29, 1.82) is 0 Å². The van der Waals surface area contributed by atoms with Gasteiger partial charge in [-0.2, -0.15) is 0 Å². The summed E-state index contributed by atoms with van der Waals surface area (Å²) in [6.07, 6.45) is 13.8. The molecular weight excluding hydrogens is 813 g/mol. The molecule has 0 saturated heterocycles. The molecule has 2 saturated carbocycles. The summed E-state index contributed by atoms with van der Waals surface area (Å²) in [5.74, 6) is 0. The molecule has 0 N–H and O–H groups in total. The number of nitrogens with zero attached hydrogens (tertiary/aromatic N) is 4. The third-order valence-corrected chi connectivity index (χ3v) is 18.8. The summed E-state index contributed by atoms with van der Waals surface area (Å²) in [6, 6.07) is 47.6. The van der Waals surface area contributed by atoms with Crippen molar-refractivity contribution >= 4 is 44.3 Å². The van der Waals surface area contributed by atoms with Crippen molar-refractivity contribution in [1.82, 2.24) is 9.97 Å². The van der Waals surface area contributed by atoms with E-state index in [4.69, 9.17) is 0 Å². The van der Waals surface area contributed by atoms with Crippen LogP contribution in [-0.4, -0.2) is 21.0 Å². The predicted octanol–water partition coefficient (Wildman–Crippen LogP) is 16.5. The minimum Gasteiger partial charge on any atom is -0.334 e. The molecule has 0 spiro atoms. The van der Waals surface area contributed by atoms with Crippen LogP contribution in [0.4, 0.5) is 22.7 Å². The van der Waals surface area contributed by atoms with Gasteiger partial charge in [0.25, 0.3) is 0 Å². The van der Waals surface area contributed by atoms with E-state index in [9.17, 15) is 0 Å². The summed E-state index contributed by atoms with van der Waals surface area (Å²) >= 11 is 0. The van der Waals surface area contributed by atoms with Crippen molar-refractivity contribution in [3.8, 4) is 33.4 Å². The molecule has 6 aromatic carbocycles. The minimum atomic E-state index is -0.201. The van der Waals surface area contributed by atoms with Crippen molar-refractivity contribution in [2.75, 3.05) is 9.80 Å². The number of benzene rings is 6. The number of hydrogen-bond acceptors (Lipinski definition) is 4. The highest BCUT2D eigenvalue weighted by Gasteiger charge is 2.59. The lowest BCUT2D eigenvalue weighted by Crippen LogP contribution is -2.54. The van der Waals surface area contributed by atoms with Crippen molar-refractivity contribution in [3.05, 3.63) is 167 Å². The van der Waals surface area contributed by atoms with Gasteiger partial charge in [-0.25, -0.2) is 0 Å². The van der Waals surface area contributed by atoms with Crippen LogP contribution >= 0.6 is 0 Å². The van der Waals surface area contributed by atoms with Crippen LogP contribution in [-0.2, 0) is 16.2 Å². The van der Waals surface area contributed by atoms with E-state index in [0.29, 0.717) is 0 Å². The molecule has 13 rings (SSSR count). The number of aromatic nitrogens is 2. The first-order valence-electron chi connectivity index (χ1n) is 25.1. The van der Waals surface area contributed by atoms with Crippen LogP contribution in [0.1, 0.15) is 127 Å². The Labute approximate surface area is 397 Å². The molecule has 4 nitrogen and oxygen atoms in total. The molecule has 3 aliphatic carbocycles. The fourth-order valence-corrected chi connectivity index (χ4v) is 14.9. The van der Waals surface area contributed by atoms with E-state index < -0.39 is 0 Å². The summed E-state index contributed by atoms with van der Waals surface area (Å²) in [5.41, 5.74) is 21.1. The maximum Gasteiger partial charge on any atom is 0.0517 e. The first-order valence-corrected chi connectivity index (χ1v) is 25.1. The minimum absolute atomic E-state index is 0.0000211. The lowest BCUT2D eigenvalue weighted by molar-refractivity contribution is 0.195. The summed E-state index contributed by atoms with van der Waals surface area (Å²) < 4.78 is 0. The standard InChI is InChI=1S/C63H62N4/c1-39-33-45(25-31-64-39)66-55-23-19-43(37-53(55)60(5)27-11-13-29-62(60,66)7)41-17-21-49-51(35-41)47-15-9-10-16-48(47)57-50-22-18-42(36-52(50)59(3,4)58(49)57)44-20-24-56-54(38-44)61(6)28-12-14-30-63(61,8)67(56)46-26-32-65-40(2)34-46/h9-10,15-26,31-38H,11-14,27-30H2,1-8H3. The van der Waals surface area contributed by atoms with Crippen LogP contribution in [0.2, 0.25) is 0 Å². The number of rotatable bonds is 4. The molecule has 4 heteroatoms. The van der Waals surface area contributed by atoms with Gasteiger partial charge < -0.3 is 9.80 Å². The fraction of sp³-hybridized carbons (Fsp3) is 0.333. The lowest BCUT2D eigenvalue weighted by Gasteiger charge is -2.50. The van der Waals surface area contributed by atoms with Gasteiger partial charge in [0.05, 0.1) is 11.1 Å². The van der Waals surface area contributed by atoms with Gasteiger partial charge in [0.2, 0.25) is 0 Å². The number of hydrogen-bond donors (Lipinski definition) is 0. The number of aryl methyl sites for hydroxylation is 2. The molecule has 0 bridgehead atoms. The first-order chi connectivity index (χ1) is 32.2. The van der Waals surface area contributed by atoms with Crippen molar-refractivity contribution in [2.45, 2.75) is 134 Å².